The smallest absolute Gasteiger partial charge is 0.352 e. The SMILES string of the molecule is Nc1nc(N(C(=O)/C=N\O)[C@@H]2C(=O)N3C(C(=O)O)=C(/C=C4\CCN(C5CC5)C4=O)CS[C@H]23)cs1. The molecule has 34 heavy (non-hydrogen) atoms. The van der Waals surface area contributed by atoms with Crippen LogP contribution in [0.15, 0.2) is 33.5 Å². The summed E-state index contributed by atoms with van der Waals surface area (Å²) in [7, 11) is 0. The van der Waals surface area contributed by atoms with Crippen LogP contribution in [-0.2, 0) is 19.2 Å². The molecule has 5 rings (SSSR count). The van der Waals surface area contributed by atoms with E-state index in [0.717, 1.165) is 34.0 Å². The third-order valence-electron chi connectivity index (χ3n) is 6.11. The molecular weight excluding hydrogens is 484 g/mol. The van der Waals surface area contributed by atoms with Crippen molar-refractivity contribution in [3.63, 3.8) is 0 Å². The summed E-state index contributed by atoms with van der Waals surface area (Å²) in [4.78, 5) is 58.8. The van der Waals surface area contributed by atoms with Crippen molar-refractivity contribution in [2.75, 3.05) is 22.9 Å². The van der Waals surface area contributed by atoms with Crippen molar-refractivity contribution in [1.29, 1.82) is 0 Å². The minimum absolute atomic E-state index is 0.0825. The number of carbonyl (C=O) groups is 4. The molecule has 0 radical (unpaired) electrons. The van der Waals surface area contributed by atoms with Crippen molar-refractivity contribution in [2.45, 2.75) is 36.7 Å². The van der Waals surface area contributed by atoms with Gasteiger partial charge in [0.15, 0.2) is 5.13 Å². The molecule has 12 nitrogen and oxygen atoms in total. The Morgan fingerprint density at radius 2 is 2.09 bits per heavy atom. The zero-order chi connectivity index (χ0) is 24.1. The fraction of sp³-hybridized carbons (Fsp3) is 0.400. The van der Waals surface area contributed by atoms with E-state index < -0.39 is 29.2 Å². The predicted molar refractivity (Wildman–Crippen MR) is 123 cm³/mol. The summed E-state index contributed by atoms with van der Waals surface area (Å²) in [5.41, 5.74) is 6.41. The van der Waals surface area contributed by atoms with Gasteiger partial charge in [-0.2, -0.15) is 0 Å². The van der Waals surface area contributed by atoms with Crippen LogP contribution in [0.25, 0.3) is 0 Å². The molecule has 3 fully saturated rings. The highest BCUT2D eigenvalue weighted by Crippen LogP contribution is 2.44. The monoisotopic (exact) mass is 504 g/mol. The minimum Gasteiger partial charge on any atom is -0.477 e. The maximum absolute atomic E-state index is 13.2. The van der Waals surface area contributed by atoms with Crippen molar-refractivity contribution in [3.8, 4) is 0 Å². The van der Waals surface area contributed by atoms with Gasteiger partial charge >= 0.3 is 5.97 Å². The summed E-state index contributed by atoms with van der Waals surface area (Å²) in [6.07, 6.45) is 4.75. The van der Waals surface area contributed by atoms with Gasteiger partial charge in [0.1, 0.15) is 29.1 Å². The number of thioether (sulfide) groups is 1. The molecule has 3 aliphatic heterocycles. The third-order valence-corrected chi connectivity index (χ3v) is 8.06. The van der Waals surface area contributed by atoms with Gasteiger partial charge in [-0.05, 0) is 30.9 Å². The van der Waals surface area contributed by atoms with Crippen molar-refractivity contribution in [2.24, 2.45) is 5.16 Å². The Hall–Kier alpha value is -3.39. The number of carboxylic acid groups (broad SMARTS) is 1. The Morgan fingerprint density at radius 1 is 1.32 bits per heavy atom. The van der Waals surface area contributed by atoms with Crippen molar-refractivity contribution in [3.05, 3.63) is 28.3 Å². The van der Waals surface area contributed by atoms with Gasteiger partial charge in [-0.3, -0.25) is 24.2 Å². The van der Waals surface area contributed by atoms with Crippen molar-refractivity contribution >= 4 is 64.0 Å². The Kier molecular flexibility index (Phi) is 5.56. The van der Waals surface area contributed by atoms with E-state index in [0.29, 0.717) is 30.3 Å². The average molecular weight is 505 g/mol. The lowest BCUT2D eigenvalue weighted by Gasteiger charge is -2.51. The summed E-state index contributed by atoms with van der Waals surface area (Å²) < 4.78 is 0. The number of hydrogen-bond donors (Lipinski definition) is 3. The predicted octanol–water partition coefficient (Wildman–Crippen LogP) is 0.462. The third kappa shape index (κ3) is 3.62. The quantitative estimate of drug-likeness (QED) is 0.164. The second-order valence-corrected chi connectivity index (χ2v) is 10.2. The lowest BCUT2D eigenvalue weighted by Crippen LogP contribution is -2.71. The van der Waals surface area contributed by atoms with Gasteiger partial charge in [-0.1, -0.05) is 5.16 Å². The first kappa shape index (κ1) is 22.4. The van der Waals surface area contributed by atoms with Crippen LogP contribution in [0.2, 0.25) is 0 Å². The highest BCUT2D eigenvalue weighted by molar-refractivity contribution is 8.00. The minimum atomic E-state index is -1.29. The summed E-state index contributed by atoms with van der Waals surface area (Å²) in [5.74, 6) is -2.44. The van der Waals surface area contributed by atoms with E-state index in [1.165, 1.54) is 17.1 Å². The van der Waals surface area contributed by atoms with Crippen LogP contribution < -0.4 is 10.6 Å². The number of nitrogens with two attached hydrogens (primary N) is 1. The Labute approximate surface area is 201 Å². The number of hydrogen-bond acceptors (Lipinski definition) is 10. The molecule has 0 bridgehead atoms. The number of fused-ring (bicyclic) bond motifs is 1. The molecule has 2 atom stereocenters. The first-order chi connectivity index (χ1) is 16.3. The van der Waals surface area contributed by atoms with Crippen LogP contribution in [0.1, 0.15) is 19.3 Å². The molecule has 0 spiro atoms. The molecule has 4 aliphatic rings. The number of likely N-dealkylation sites (tertiary alicyclic amines) is 1. The van der Waals surface area contributed by atoms with E-state index in [9.17, 15) is 24.3 Å². The molecule has 1 saturated carbocycles. The number of anilines is 2. The van der Waals surface area contributed by atoms with E-state index in [1.54, 1.807) is 6.08 Å². The summed E-state index contributed by atoms with van der Waals surface area (Å²) >= 11 is 2.35. The van der Waals surface area contributed by atoms with Crippen LogP contribution >= 0.6 is 23.1 Å². The molecule has 0 aromatic carbocycles. The summed E-state index contributed by atoms with van der Waals surface area (Å²) in [6.45, 7) is 0.617. The number of aromatic nitrogens is 1. The number of oxime groups is 1. The number of allylic oxidation sites excluding steroid dienone is 1. The number of nitrogens with zero attached hydrogens (tertiary/aromatic N) is 5. The maximum Gasteiger partial charge on any atom is 0.352 e. The van der Waals surface area contributed by atoms with Crippen LogP contribution in [0.4, 0.5) is 10.9 Å². The van der Waals surface area contributed by atoms with E-state index in [-0.39, 0.29) is 34.3 Å². The number of rotatable bonds is 6. The first-order valence-electron chi connectivity index (χ1n) is 10.5. The number of aliphatic carboxylic acids is 1. The molecule has 1 aliphatic carbocycles. The topological polar surface area (TPSA) is 170 Å². The van der Waals surface area contributed by atoms with Gasteiger partial charge in [0.25, 0.3) is 11.8 Å². The number of amides is 3. The van der Waals surface area contributed by atoms with Gasteiger partial charge < -0.3 is 20.9 Å². The fourth-order valence-electron chi connectivity index (χ4n) is 4.44. The zero-order valence-electron chi connectivity index (χ0n) is 17.7. The van der Waals surface area contributed by atoms with Crippen LogP contribution in [0.3, 0.4) is 0 Å². The number of nitrogen functional groups attached to an aromatic ring is 1. The molecule has 1 aromatic heterocycles. The zero-order valence-corrected chi connectivity index (χ0v) is 19.3. The highest BCUT2D eigenvalue weighted by Gasteiger charge is 2.57. The fourth-order valence-corrected chi connectivity index (χ4v) is 6.33. The van der Waals surface area contributed by atoms with E-state index in [4.69, 9.17) is 10.9 Å². The molecule has 0 unspecified atom stereocenters. The standard InChI is InChI=1S/C20H20N6O6S2/c21-20-23-12(8-34-20)25(13(27)6-22-32)15-17(29)26-14(19(30)31)10(7-33-18(15)26)5-9-3-4-24(16(9)28)11-1-2-11/h5-6,8,11,15,18,32H,1-4,7H2,(H2,21,23)(H,30,31)/b9-5+,22-6-/t15-,18-/m1/s1. The number of thiazole rings is 1. The van der Waals surface area contributed by atoms with E-state index in [2.05, 4.69) is 10.1 Å². The Bertz CT molecular complexity index is 1190. The van der Waals surface area contributed by atoms with Crippen molar-refractivity contribution in [1.82, 2.24) is 14.8 Å². The summed E-state index contributed by atoms with van der Waals surface area (Å²) in [6, 6.07) is -0.779. The molecule has 2 saturated heterocycles. The Morgan fingerprint density at radius 3 is 2.71 bits per heavy atom. The van der Waals surface area contributed by atoms with Crippen LogP contribution in [0, 0.1) is 0 Å². The van der Waals surface area contributed by atoms with Gasteiger partial charge in [0.2, 0.25) is 5.91 Å². The second-order valence-electron chi connectivity index (χ2n) is 8.18. The summed E-state index contributed by atoms with van der Waals surface area (Å²) in [5, 5.41) is 22.5. The maximum atomic E-state index is 13.2. The highest BCUT2D eigenvalue weighted by atomic mass is 32.2. The molecule has 14 heteroatoms. The molecule has 1 aromatic rings. The number of β-lactam (4-membered cyclic amide) rings is 1. The van der Waals surface area contributed by atoms with Crippen molar-refractivity contribution < 1.29 is 29.5 Å². The molecule has 4 heterocycles. The molecule has 4 N–H and O–H groups in total. The Balaban J connectivity index is 1.46. The second kappa shape index (κ2) is 8.43. The van der Waals surface area contributed by atoms with Crippen LogP contribution in [0.5, 0.6) is 0 Å². The average Bonchev–Trinajstić information content (AvgIpc) is 3.45. The first-order valence-corrected chi connectivity index (χ1v) is 12.4. The normalized spacial score (nSPS) is 25.8. The molecule has 178 valence electrons. The van der Waals surface area contributed by atoms with Gasteiger partial charge in [0, 0.05) is 29.3 Å². The molecular formula is C20H20N6O6S2. The largest absolute Gasteiger partial charge is 0.477 e. The molecule has 3 amide bonds. The van der Waals surface area contributed by atoms with Gasteiger partial charge in [-0.15, -0.1) is 23.1 Å². The number of carboxylic acids is 1. The van der Waals surface area contributed by atoms with Gasteiger partial charge in [-0.25, -0.2) is 9.78 Å². The van der Waals surface area contributed by atoms with Gasteiger partial charge in [0.05, 0.1) is 0 Å². The van der Waals surface area contributed by atoms with Crippen LogP contribution in [-0.4, -0.2) is 84.8 Å². The van der Waals surface area contributed by atoms with E-state index in [1.807, 2.05) is 4.90 Å². The van der Waals surface area contributed by atoms with E-state index >= 15 is 0 Å². The lowest BCUT2D eigenvalue weighted by molar-refractivity contribution is -0.148. The lowest BCUT2D eigenvalue weighted by atomic mass is 10.00. The number of carbonyl (C=O) groups excluding carboxylic acids is 3.